The van der Waals surface area contributed by atoms with E-state index in [1.807, 2.05) is 6.07 Å². The van der Waals surface area contributed by atoms with Crippen LogP contribution in [0.2, 0.25) is 0 Å². The summed E-state index contributed by atoms with van der Waals surface area (Å²) in [5.74, 6) is 0. The van der Waals surface area contributed by atoms with Gasteiger partial charge in [0.05, 0.1) is 22.1 Å². The van der Waals surface area contributed by atoms with Gasteiger partial charge in [-0.15, -0.1) is 0 Å². The lowest BCUT2D eigenvalue weighted by Crippen LogP contribution is -2.11. The summed E-state index contributed by atoms with van der Waals surface area (Å²) in [5, 5.41) is 9.66. The van der Waals surface area contributed by atoms with Crippen LogP contribution in [0, 0.1) is 0 Å². The molecule has 0 spiro atoms. The highest BCUT2D eigenvalue weighted by Crippen LogP contribution is 2.45. The fourth-order valence-electron chi connectivity index (χ4n) is 9.29. The lowest BCUT2D eigenvalue weighted by atomic mass is 9.93. The first-order valence-electron chi connectivity index (χ1n) is 20.2. The monoisotopic (exact) mass is 752 g/mol. The molecule has 0 fully saturated rings. The third-order valence-electron chi connectivity index (χ3n) is 11.9. The van der Waals surface area contributed by atoms with Crippen molar-refractivity contribution >= 4 is 82.4 Å². The van der Waals surface area contributed by atoms with Crippen molar-refractivity contribution in [3.8, 4) is 27.9 Å². The first-order valence-corrected chi connectivity index (χ1v) is 20.2. The molecule has 12 aromatic rings. The number of nitrogens with zero attached hydrogens (tertiary/aromatic N) is 2. The minimum atomic E-state index is 0.863. The van der Waals surface area contributed by atoms with Crippen LogP contribution in [0.25, 0.3) is 93.2 Å². The van der Waals surface area contributed by atoms with Gasteiger partial charge in [-0.3, -0.25) is 0 Å². The van der Waals surface area contributed by atoms with Crippen LogP contribution >= 0.6 is 0 Å². The van der Waals surface area contributed by atoms with Crippen LogP contribution in [-0.4, -0.2) is 4.57 Å². The molecule has 2 aromatic heterocycles. The Morgan fingerprint density at radius 2 is 1.03 bits per heavy atom. The predicted molar refractivity (Wildman–Crippen MR) is 249 cm³/mol. The molecule has 0 saturated carbocycles. The molecule has 0 aliphatic heterocycles. The van der Waals surface area contributed by atoms with Crippen LogP contribution < -0.4 is 4.90 Å². The molecular formula is C56H36N2O. The van der Waals surface area contributed by atoms with Gasteiger partial charge in [0.1, 0.15) is 11.2 Å². The van der Waals surface area contributed by atoms with E-state index in [1.165, 1.54) is 65.6 Å². The van der Waals surface area contributed by atoms with E-state index >= 15 is 0 Å². The van der Waals surface area contributed by atoms with Crippen LogP contribution in [0.3, 0.4) is 0 Å². The summed E-state index contributed by atoms with van der Waals surface area (Å²) < 4.78 is 8.88. The molecule has 0 aliphatic rings. The van der Waals surface area contributed by atoms with Crippen molar-refractivity contribution < 1.29 is 4.42 Å². The summed E-state index contributed by atoms with van der Waals surface area (Å²) in [6.07, 6.45) is 0. The van der Waals surface area contributed by atoms with Gasteiger partial charge < -0.3 is 13.9 Å². The van der Waals surface area contributed by atoms with E-state index in [4.69, 9.17) is 4.42 Å². The van der Waals surface area contributed by atoms with Crippen molar-refractivity contribution in [3.63, 3.8) is 0 Å². The summed E-state index contributed by atoms with van der Waals surface area (Å²) in [6.45, 7) is 0. The Morgan fingerprint density at radius 3 is 1.93 bits per heavy atom. The maximum Gasteiger partial charge on any atom is 0.137 e. The number of rotatable bonds is 6. The van der Waals surface area contributed by atoms with Crippen LogP contribution in [0.4, 0.5) is 17.1 Å². The fraction of sp³-hybridized carbons (Fsp3) is 0. The van der Waals surface area contributed by atoms with Crippen LogP contribution in [0.15, 0.2) is 223 Å². The smallest absolute Gasteiger partial charge is 0.137 e. The number of para-hydroxylation sites is 2. The van der Waals surface area contributed by atoms with E-state index in [0.29, 0.717) is 0 Å². The van der Waals surface area contributed by atoms with Crippen molar-refractivity contribution in [1.29, 1.82) is 0 Å². The highest BCUT2D eigenvalue weighted by Gasteiger charge is 2.22. The molecule has 12 rings (SSSR count). The quantitative estimate of drug-likeness (QED) is 0.169. The van der Waals surface area contributed by atoms with Gasteiger partial charge in [0, 0.05) is 33.2 Å². The van der Waals surface area contributed by atoms with Crippen LogP contribution in [0.5, 0.6) is 0 Å². The highest BCUT2D eigenvalue weighted by atomic mass is 16.3. The van der Waals surface area contributed by atoms with Crippen molar-refractivity contribution in [1.82, 2.24) is 4.57 Å². The number of fused-ring (bicyclic) bond motifs is 9. The Kier molecular flexibility index (Phi) is 7.54. The summed E-state index contributed by atoms with van der Waals surface area (Å²) in [6, 6.07) is 78.7. The number of aromatic nitrogens is 1. The third kappa shape index (κ3) is 5.36. The molecule has 2 heterocycles. The van der Waals surface area contributed by atoms with Crippen molar-refractivity contribution in [2.24, 2.45) is 0 Å². The zero-order valence-electron chi connectivity index (χ0n) is 32.1. The highest BCUT2D eigenvalue weighted by molar-refractivity contribution is 6.25. The topological polar surface area (TPSA) is 21.3 Å². The molecule has 3 nitrogen and oxygen atoms in total. The first kappa shape index (κ1) is 33.3. The molecule has 276 valence electrons. The fourth-order valence-corrected chi connectivity index (χ4v) is 9.29. The second kappa shape index (κ2) is 13.4. The number of benzene rings is 10. The third-order valence-corrected chi connectivity index (χ3v) is 11.9. The summed E-state index contributed by atoms with van der Waals surface area (Å²) >= 11 is 0. The van der Waals surface area contributed by atoms with E-state index < -0.39 is 0 Å². The lowest BCUT2D eigenvalue weighted by molar-refractivity contribution is 0.669. The SMILES string of the molecule is c1ccc(-c2ccc(N(c3cccc(-n4c5ccccc5c5c6c(-c7ccc8ccccc8c7)cccc6ccc54)c3)c3cccc4oc5ccccc5c34)cc2)cc1. The van der Waals surface area contributed by atoms with Crippen LogP contribution in [0.1, 0.15) is 0 Å². The molecule has 0 atom stereocenters. The molecule has 0 unspecified atom stereocenters. The molecular weight excluding hydrogens is 717 g/mol. The second-order valence-corrected chi connectivity index (χ2v) is 15.3. The van der Waals surface area contributed by atoms with Gasteiger partial charge in [0.15, 0.2) is 0 Å². The summed E-state index contributed by atoms with van der Waals surface area (Å²) in [7, 11) is 0. The Labute approximate surface area is 341 Å². The Balaban J connectivity index is 1.09. The van der Waals surface area contributed by atoms with E-state index in [2.05, 4.69) is 222 Å². The molecule has 0 amide bonds. The van der Waals surface area contributed by atoms with Gasteiger partial charge in [-0.1, -0.05) is 152 Å². The van der Waals surface area contributed by atoms with Gasteiger partial charge in [-0.25, -0.2) is 0 Å². The molecule has 0 bridgehead atoms. The molecule has 0 N–H and O–H groups in total. The van der Waals surface area contributed by atoms with E-state index in [-0.39, 0.29) is 0 Å². The molecule has 0 saturated heterocycles. The zero-order valence-corrected chi connectivity index (χ0v) is 32.1. The lowest BCUT2D eigenvalue weighted by Gasteiger charge is -2.27. The summed E-state index contributed by atoms with van der Waals surface area (Å²) in [5.41, 5.74) is 13.2. The maximum absolute atomic E-state index is 6.44. The normalized spacial score (nSPS) is 11.7. The largest absolute Gasteiger partial charge is 0.456 e. The van der Waals surface area contributed by atoms with Crippen LogP contribution in [-0.2, 0) is 0 Å². The van der Waals surface area contributed by atoms with E-state index in [1.54, 1.807) is 0 Å². The standard InChI is InChI=1S/C56H36N2O/c1-2-13-37(14-3-1)39-29-32-43(33-30-39)57(50-24-12-26-53-55(50)48-21-7-9-25-52(48)59-53)44-18-11-19-45(36-44)58-49-23-8-6-20-47(49)56-51(58)34-31-40-17-10-22-46(54(40)56)42-28-27-38-15-4-5-16-41(38)35-42/h1-36H. The Bertz CT molecular complexity index is 3560. The van der Waals surface area contributed by atoms with Gasteiger partial charge in [-0.05, 0) is 111 Å². The molecule has 3 heteroatoms. The number of hydrogen-bond donors (Lipinski definition) is 0. The average Bonchev–Trinajstić information content (AvgIpc) is 3.86. The molecule has 0 radical (unpaired) electrons. The number of anilines is 3. The second-order valence-electron chi connectivity index (χ2n) is 15.3. The van der Waals surface area contributed by atoms with Gasteiger partial charge in [0.25, 0.3) is 0 Å². The number of furan rings is 1. The van der Waals surface area contributed by atoms with Crippen molar-refractivity contribution in [3.05, 3.63) is 218 Å². The van der Waals surface area contributed by atoms with Crippen molar-refractivity contribution in [2.45, 2.75) is 0 Å². The van der Waals surface area contributed by atoms with Gasteiger partial charge in [0.2, 0.25) is 0 Å². The van der Waals surface area contributed by atoms with Gasteiger partial charge >= 0.3 is 0 Å². The van der Waals surface area contributed by atoms with Crippen molar-refractivity contribution in [2.75, 3.05) is 4.90 Å². The summed E-state index contributed by atoms with van der Waals surface area (Å²) in [4.78, 5) is 2.38. The average molecular weight is 753 g/mol. The Morgan fingerprint density at radius 1 is 0.356 bits per heavy atom. The number of hydrogen-bond acceptors (Lipinski definition) is 2. The minimum absolute atomic E-state index is 0.863. The Hall–Kier alpha value is -7.88. The maximum atomic E-state index is 6.44. The van der Waals surface area contributed by atoms with Gasteiger partial charge in [-0.2, -0.15) is 0 Å². The minimum Gasteiger partial charge on any atom is -0.456 e. The first-order chi connectivity index (χ1) is 29.3. The molecule has 10 aromatic carbocycles. The van der Waals surface area contributed by atoms with E-state index in [9.17, 15) is 0 Å². The molecule has 0 aliphatic carbocycles. The van der Waals surface area contributed by atoms with E-state index in [0.717, 1.165) is 44.7 Å². The predicted octanol–water partition coefficient (Wildman–Crippen LogP) is 15.8. The molecule has 59 heavy (non-hydrogen) atoms. The zero-order chi connectivity index (χ0) is 38.9.